The van der Waals surface area contributed by atoms with Crippen molar-refractivity contribution in [3.63, 3.8) is 0 Å². The average molecular weight is 259 g/mol. The van der Waals surface area contributed by atoms with E-state index in [1.807, 2.05) is 12.1 Å². The maximum Gasteiger partial charge on any atom is 0.230 e. The lowest BCUT2D eigenvalue weighted by molar-refractivity contribution is -0.121. The van der Waals surface area contributed by atoms with Crippen LogP contribution in [-0.4, -0.2) is 37.0 Å². The molecular weight excluding hydrogens is 238 g/mol. The summed E-state index contributed by atoms with van der Waals surface area (Å²) >= 11 is 0. The van der Waals surface area contributed by atoms with Gasteiger partial charge in [0.25, 0.3) is 0 Å². The molecule has 102 valence electrons. The number of benzene rings is 1. The van der Waals surface area contributed by atoms with Crippen LogP contribution in [0.2, 0.25) is 0 Å². The number of carbonyl (C=O) groups excluding carboxylic acids is 1. The topological polar surface area (TPSA) is 44.4 Å². The van der Waals surface area contributed by atoms with Crippen LogP contribution in [0.3, 0.4) is 0 Å². The quantitative estimate of drug-likeness (QED) is 0.860. The Labute approximate surface area is 114 Å². The number of amides is 1. The fraction of sp³-hybridized carbons (Fsp3) is 0.533. The van der Waals surface area contributed by atoms with Gasteiger partial charge in [-0.1, -0.05) is 12.1 Å². The van der Waals surface area contributed by atoms with Crippen LogP contribution in [-0.2, 0) is 11.3 Å². The van der Waals surface area contributed by atoms with Gasteiger partial charge in [0, 0.05) is 25.3 Å². The molecule has 0 unspecified atom stereocenters. The third-order valence-corrected chi connectivity index (χ3v) is 3.98. The predicted octanol–water partition coefficient (Wildman–Crippen LogP) is 1.44. The van der Waals surface area contributed by atoms with Gasteiger partial charge in [0.05, 0.1) is 5.92 Å². The molecule has 19 heavy (non-hydrogen) atoms. The van der Waals surface area contributed by atoms with Crippen molar-refractivity contribution in [2.24, 2.45) is 5.92 Å². The van der Waals surface area contributed by atoms with Crippen molar-refractivity contribution in [1.82, 2.24) is 10.2 Å². The van der Waals surface area contributed by atoms with Gasteiger partial charge in [0.15, 0.2) is 0 Å². The van der Waals surface area contributed by atoms with Crippen LogP contribution in [0.5, 0.6) is 0 Å². The molecule has 2 aliphatic heterocycles. The number of nitrogens with one attached hydrogen (secondary N) is 2. The first-order valence-corrected chi connectivity index (χ1v) is 7.14. The summed E-state index contributed by atoms with van der Waals surface area (Å²) in [4.78, 5) is 14.3. The molecule has 1 amide bonds. The van der Waals surface area contributed by atoms with Crippen molar-refractivity contribution >= 4 is 11.6 Å². The summed E-state index contributed by atoms with van der Waals surface area (Å²) in [5, 5.41) is 6.08. The molecule has 0 aliphatic carbocycles. The summed E-state index contributed by atoms with van der Waals surface area (Å²) < 4.78 is 0. The molecule has 0 saturated carbocycles. The second-order valence-electron chi connectivity index (χ2n) is 5.52. The molecule has 0 radical (unpaired) electrons. The molecule has 2 N–H and O–H groups in total. The Morgan fingerprint density at radius 1 is 1.21 bits per heavy atom. The fourth-order valence-corrected chi connectivity index (χ4v) is 2.61. The Hall–Kier alpha value is -1.39. The van der Waals surface area contributed by atoms with E-state index in [0.29, 0.717) is 0 Å². The summed E-state index contributed by atoms with van der Waals surface area (Å²) in [7, 11) is 0. The first-order valence-electron chi connectivity index (χ1n) is 7.14. The average Bonchev–Trinajstić information content (AvgIpc) is 2.82. The standard InChI is InChI=1S/C15H21N3O/c19-15(13-9-16-10-13)17-14-5-3-12(4-6-14)11-18-7-1-2-8-18/h3-6,13,16H,1-2,7-11H2,(H,17,19). The van der Waals surface area contributed by atoms with Crippen molar-refractivity contribution in [2.75, 3.05) is 31.5 Å². The zero-order valence-electron chi connectivity index (χ0n) is 11.2. The summed E-state index contributed by atoms with van der Waals surface area (Å²) in [6.07, 6.45) is 2.65. The number of rotatable bonds is 4. The van der Waals surface area contributed by atoms with E-state index in [9.17, 15) is 4.79 Å². The molecule has 2 heterocycles. The van der Waals surface area contributed by atoms with Crippen LogP contribution in [0, 0.1) is 5.92 Å². The summed E-state index contributed by atoms with van der Waals surface area (Å²) in [6, 6.07) is 8.25. The van der Waals surface area contributed by atoms with E-state index in [-0.39, 0.29) is 11.8 Å². The molecule has 3 rings (SSSR count). The molecule has 0 spiro atoms. The number of likely N-dealkylation sites (tertiary alicyclic amines) is 1. The summed E-state index contributed by atoms with van der Waals surface area (Å²) in [6.45, 7) is 5.07. The number of nitrogens with zero attached hydrogens (tertiary/aromatic N) is 1. The van der Waals surface area contributed by atoms with Gasteiger partial charge in [-0.15, -0.1) is 0 Å². The van der Waals surface area contributed by atoms with E-state index in [0.717, 1.165) is 25.3 Å². The monoisotopic (exact) mass is 259 g/mol. The minimum absolute atomic E-state index is 0.131. The Morgan fingerprint density at radius 2 is 1.89 bits per heavy atom. The number of hydrogen-bond donors (Lipinski definition) is 2. The first-order chi connectivity index (χ1) is 9.31. The van der Waals surface area contributed by atoms with Crippen molar-refractivity contribution in [3.05, 3.63) is 29.8 Å². The molecule has 0 bridgehead atoms. The Bertz CT molecular complexity index is 433. The normalized spacial score (nSPS) is 20.2. The molecule has 4 nitrogen and oxygen atoms in total. The lowest BCUT2D eigenvalue weighted by Crippen LogP contribution is -2.48. The summed E-state index contributed by atoms with van der Waals surface area (Å²) in [5.74, 6) is 0.273. The maximum absolute atomic E-state index is 11.8. The highest BCUT2D eigenvalue weighted by molar-refractivity contribution is 5.93. The van der Waals surface area contributed by atoms with E-state index in [4.69, 9.17) is 0 Å². The zero-order valence-corrected chi connectivity index (χ0v) is 11.2. The van der Waals surface area contributed by atoms with E-state index in [1.54, 1.807) is 0 Å². The largest absolute Gasteiger partial charge is 0.326 e. The number of anilines is 1. The molecule has 4 heteroatoms. The number of carbonyl (C=O) groups is 1. The van der Waals surface area contributed by atoms with Gasteiger partial charge in [0.1, 0.15) is 0 Å². The highest BCUT2D eigenvalue weighted by Gasteiger charge is 2.24. The molecule has 2 fully saturated rings. The smallest absolute Gasteiger partial charge is 0.230 e. The van der Waals surface area contributed by atoms with Gasteiger partial charge in [-0.05, 0) is 43.6 Å². The molecule has 2 saturated heterocycles. The van der Waals surface area contributed by atoms with Gasteiger partial charge in [-0.2, -0.15) is 0 Å². The molecule has 1 aromatic carbocycles. The highest BCUT2D eigenvalue weighted by Crippen LogP contribution is 2.16. The van der Waals surface area contributed by atoms with Gasteiger partial charge in [-0.25, -0.2) is 0 Å². The van der Waals surface area contributed by atoms with Gasteiger partial charge >= 0.3 is 0 Å². The van der Waals surface area contributed by atoms with Gasteiger partial charge in [0.2, 0.25) is 5.91 Å². The molecular formula is C15H21N3O. The number of hydrogen-bond acceptors (Lipinski definition) is 3. The van der Waals surface area contributed by atoms with Crippen LogP contribution < -0.4 is 10.6 Å². The van der Waals surface area contributed by atoms with Crippen LogP contribution in [0.25, 0.3) is 0 Å². The van der Waals surface area contributed by atoms with Crippen LogP contribution in [0.15, 0.2) is 24.3 Å². The minimum atomic E-state index is 0.131. The molecule has 0 aromatic heterocycles. The van der Waals surface area contributed by atoms with Crippen molar-refractivity contribution in [3.8, 4) is 0 Å². The Morgan fingerprint density at radius 3 is 2.47 bits per heavy atom. The third kappa shape index (κ3) is 3.14. The second kappa shape index (κ2) is 5.72. The lowest BCUT2D eigenvalue weighted by Gasteiger charge is -2.25. The minimum Gasteiger partial charge on any atom is -0.326 e. The lowest BCUT2D eigenvalue weighted by atomic mass is 10.0. The SMILES string of the molecule is O=C(Nc1ccc(CN2CCCC2)cc1)C1CNC1. The Balaban J connectivity index is 1.54. The van der Waals surface area contributed by atoms with E-state index in [2.05, 4.69) is 27.7 Å². The van der Waals surface area contributed by atoms with E-state index in [1.165, 1.54) is 31.5 Å². The molecule has 0 atom stereocenters. The van der Waals surface area contributed by atoms with E-state index >= 15 is 0 Å². The zero-order chi connectivity index (χ0) is 13.1. The van der Waals surface area contributed by atoms with Crippen molar-refractivity contribution in [2.45, 2.75) is 19.4 Å². The van der Waals surface area contributed by atoms with Crippen LogP contribution in [0.4, 0.5) is 5.69 Å². The van der Waals surface area contributed by atoms with Crippen molar-refractivity contribution in [1.29, 1.82) is 0 Å². The Kier molecular flexibility index (Phi) is 3.80. The third-order valence-electron chi connectivity index (χ3n) is 3.98. The van der Waals surface area contributed by atoms with Gasteiger partial charge < -0.3 is 10.6 Å². The highest BCUT2D eigenvalue weighted by atomic mass is 16.2. The second-order valence-corrected chi connectivity index (χ2v) is 5.52. The predicted molar refractivity (Wildman–Crippen MR) is 75.9 cm³/mol. The summed E-state index contributed by atoms with van der Waals surface area (Å²) in [5.41, 5.74) is 2.23. The fourth-order valence-electron chi connectivity index (χ4n) is 2.61. The van der Waals surface area contributed by atoms with Gasteiger partial charge in [-0.3, -0.25) is 9.69 Å². The first kappa shape index (κ1) is 12.6. The maximum atomic E-state index is 11.8. The van der Waals surface area contributed by atoms with Crippen LogP contribution in [0.1, 0.15) is 18.4 Å². The molecule has 2 aliphatic rings. The van der Waals surface area contributed by atoms with Crippen LogP contribution >= 0.6 is 0 Å². The van der Waals surface area contributed by atoms with Crippen molar-refractivity contribution < 1.29 is 4.79 Å². The van der Waals surface area contributed by atoms with E-state index < -0.39 is 0 Å². The molecule has 1 aromatic rings.